The van der Waals surface area contributed by atoms with Gasteiger partial charge in [-0.25, -0.2) is 0 Å². The Morgan fingerprint density at radius 2 is 1.85 bits per heavy atom. The SMILES string of the molecule is Cl.NC(=O)c1ccc(NC(=O)C2(N)CCCC2)cc1Cl. The zero-order valence-electron chi connectivity index (χ0n) is 10.8. The van der Waals surface area contributed by atoms with Crippen molar-refractivity contribution in [3.05, 3.63) is 28.8 Å². The monoisotopic (exact) mass is 317 g/mol. The summed E-state index contributed by atoms with van der Waals surface area (Å²) in [6, 6.07) is 4.57. The van der Waals surface area contributed by atoms with Crippen molar-refractivity contribution in [2.45, 2.75) is 31.2 Å². The second-order valence-corrected chi connectivity index (χ2v) is 5.28. The van der Waals surface area contributed by atoms with Gasteiger partial charge in [0.25, 0.3) is 0 Å². The maximum absolute atomic E-state index is 12.1. The molecule has 0 aromatic heterocycles. The summed E-state index contributed by atoms with van der Waals surface area (Å²) in [5.41, 5.74) is 11.1. The molecule has 110 valence electrons. The zero-order valence-corrected chi connectivity index (χ0v) is 12.4. The summed E-state index contributed by atoms with van der Waals surface area (Å²) in [5, 5.41) is 2.94. The molecule has 0 bridgehead atoms. The molecule has 2 amide bonds. The number of carbonyl (C=O) groups excluding carboxylic acids is 2. The van der Waals surface area contributed by atoms with Crippen molar-refractivity contribution in [2.75, 3.05) is 5.32 Å². The van der Waals surface area contributed by atoms with Crippen LogP contribution in [-0.2, 0) is 4.79 Å². The van der Waals surface area contributed by atoms with Crippen LogP contribution < -0.4 is 16.8 Å². The van der Waals surface area contributed by atoms with Gasteiger partial charge in [-0.2, -0.15) is 0 Å². The number of hydrogen-bond donors (Lipinski definition) is 3. The molecule has 7 heteroatoms. The molecule has 20 heavy (non-hydrogen) atoms. The maximum Gasteiger partial charge on any atom is 0.250 e. The van der Waals surface area contributed by atoms with Gasteiger partial charge in [-0.05, 0) is 31.0 Å². The number of primary amides is 1. The Balaban J connectivity index is 0.00000200. The third kappa shape index (κ3) is 3.42. The maximum atomic E-state index is 12.1. The minimum atomic E-state index is -0.797. The Kier molecular flexibility index (Phi) is 5.39. The molecule has 0 radical (unpaired) electrons. The molecule has 5 N–H and O–H groups in total. The molecule has 0 aliphatic heterocycles. The molecule has 1 aromatic carbocycles. The van der Waals surface area contributed by atoms with Crippen LogP contribution in [0.3, 0.4) is 0 Å². The van der Waals surface area contributed by atoms with E-state index in [4.69, 9.17) is 23.1 Å². The van der Waals surface area contributed by atoms with Crippen LogP contribution in [-0.4, -0.2) is 17.4 Å². The Bertz CT molecular complexity index is 528. The molecule has 0 atom stereocenters. The summed E-state index contributed by atoms with van der Waals surface area (Å²) in [5.74, 6) is -0.818. The third-order valence-corrected chi connectivity index (χ3v) is 3.75. The van der Waals surface area contributed by atoms with Gasteiger partial charge in [0.1, 0.15) is 0 Å². The van der Waals surface area contributed by atoms with Crippen molar-refractivity contribution in [2.24, 2.45) is 11.5 Å². The van der Waals surface area contributed by atoms with Crippen LogP contribution in [0.25, 0.3) is 0 Å². The third-order valence-electron chi connectivity index (χ3n) is 3.44. The summed E-state index contributed by atoms with van der Waals surface area (Å²) in [4.78, 5) is 23.1. The van der Waals surface area contributed by atoms with E-state index in [1.807, 2.05) is 0 Å². The number of carbonyl (C=O) groups is 2. The topological polar surface area (TPSA) is 98.2 Å². The van der Waals surface area contributed by atoms with E-state index in [0.29, 0.717) is 18.5 Å². The molecule has 1 aliphatic rings. The van der Waals surface area contributed by atoms with Crippen LogP contribution in [0.5, 0.6) is 0 Å². The second kappa shape index (κ2) is 6.43. The minimum absolute atomic E-state index is 0. The predicted octanol–water partition coefficient (Wildman–Crippen LogP) is 2.07. The summed E-state index contributed by atoms with van der Waals surface area (Å²) in [6.07, 6.45) is 3.30. The smallest absolute Gasteiger partial charge is 0.250 e. The van der Waals surface area contributed by atoms with Crippen molar-refractivity contribution >= 4 is 41.5 Å². The molecule has 1 aliphatic carbocycles. The van der Waals surface area contributed by atoms with Crippen molar-refractivity contribution in [3.8, 4) is 0 Å². The first-order chi connectivity index (χ1) is 8.92. The van der Waals surface area contributed by atoms with Gasteiger partial charge in [0.2, 0.25) is 11.8 Å². The van der Waals surface area contributed by atoms with Crippen molar-refractivity contribution in [3.63, 3.8) is 0 Å². The van der Waals surface area contributed by atoms with Crippen molar-refractivity contribution in [1.82, 2.24) is 0 Å². The van der Waals surface area contributed by atoms with E-state index in [1.165, 1.54) is 12.1 Å². The number of nitrogens with one attached hydrogen (secondary N) is 1. The highest BCUT2D eigenvalue weighted by molar-refractivity contribution is 6.34. The van der Waals surface area contributed by atoms with E-state index in [1.54, 1.807) is 6.07 Å². The number of rotatable bonds is 3. The van der Waals surface area contributed by atoms with Crippen LogP contribution in [0.4, 0.5) is 5.69 Å². The lowest BCUT2D eigenvalue weighted by atomic mass is 9.98. The molecule has 5 nitrogen and oxygen atoms in total. The summed E-state index contributed by atoms with van der Waals surface area (Å²) < 4.78 is 0. The lowest BCUT2D eigenvalue weighted by Crippen LogP contribution is -2.48. The van der Waals surface area contributed by atoms with Gasteiger partial charge < -0.3 is 16.8 Å². The number of hydrogen-bond acceptors (Lipinski definition) is 3. The van der Waals surface area contributed by atoms with E-state index in [2.05, 4.69) is 5.32 Å². The van der Waals surface area contributed by atoms with Crippen LogP contribution in [0.1, 0.15) is 36.0 Å². The number of amides is 2. The number of anilines is 1. The molecule has 1 fully saturated rings. The Morgan fingerprint density at radius 1 is 1.25 bits per heavy atom. The first-order valence-corrected chi connectivity index (χ1v) is 6.50. The fourth-order valence-electron chi connectivity index (χ4n) is 2.28. The zero-order chi connectivity index (χ0) is 14.0. The highest BCUT2D eigenvalue weighted by atomic mass is 35.5. The Morgan fingerprint density at radius 3 is 2.35 bits per heavy atom. The van der Waals surface area contributed by atoms with Gasteiger partial charge >= 0.3 is 0 Å². The fraction of sp³-hybridized carbons (Fsp3) is 0.385. The average molecular weight is 318 g/mol. The summed E-state index contributed by atoms with van der Waals surface area (Å²) in [6.45, 7) is 0. The van der Waals surface area contributed by atoms with Gasteiger partial charge in [-0.1, -0.05) is 24.4 Å². The molecule has 0 heterocycles. The molecular formula is C13H17Cl2N3O2. The summed E-state index contributed by atoms with van der Waals surface area (Å²) in [7, 11) is 0. The van der Waals surface area contributed by atoms with Crippen LogP contribution >= 0.6 is 24.0 Å². The second-order valence-electron chi connectivity index (χ2n) is 4.88. The van der Waals surface area contributed by atoms with E-state index >= 15 is 0 Å². The largest absolute Gasteiger partial charge is 0.366 e. The van der Waals surface area contributed by atoms with E-state index in [-0.39, 0.29) is 28.9 Å². The van der Waals surface area contributed by atoms with Crippen molar-refractivity contribution in [1.29, 1.82) is 0 Å². The van der Waals surface area contributed by atoms with E-state index < -0.39 is 11.4 Å². The average Bonchev–Trinajstić information content (AvgIpc) is 2.77. The van der Waals surface area contributed by atoms with Crippen LogP contribution in [0, 0.1) is 0 Å². The van der Waals surface area contributed by atoms with Crippen LogP contribution in [0.15, 0.2) is 18.2 Å². The molecule has 0 spiro atoms. The molecule has 1 aromatic rings. The molecule has 0 saturated heterocycles. The first-order valence-electron chi connectivity index (χ1n) is 6.12. The normalized spacial score (nSPS) is 16.3. The van der Waals surface area contributed by atoms with E-state index in [0.717, 1.165) is 12.8 Å². The Labute approximate surface area is 128 Å². The fourth-order valence-corrected chi connectivity index (χ4v) is 2.55. The van der Waals surface area contributed by atoms with Gasteiger partial charge in [-0.15, -0.1) is 12.4 Å². The molecule has 2 rings (SSSR count). The number of halogens is 2. The van der Waals surface area contributed by atoms with Gasteiger partial charge in [0.15, 0.2) is 0 Å². The van der Waals surface area contributed by atoms with Gasteiger partial charge in [0.05, 0.1) is 16.1 Å². The standard InChI is InChI=1S/C13H16ClN3O2.ClH/c14-10-7-8(3-4-9(10)11(15)18)17-12(19)13(16)5-1-2-6-13;/h3-4,7H,1-2,5-6,16H2,(H2,15,18)(H,17,19);1H. The van der Waals surface area contributed by atoms with Crippen LogP contribution in [0.2, 0.25) is 5.02 Å². The van der Waals surface area contributed by atoms with Crippen molar-refractivity contribution < 1.29 is 9.59 Å². The lowest BCUT2D eigenvalue weighted by Gasteiger charge is -2.22. The minimum Gasteiger partial charge on any atom is -0.366 e. The first kappa shape index (κ1) is 16.8. The summed E-state index contributed by atoms with van der Waals surface area (Å²) >= 11 is 5.92. The number of nitrogens with two attached hydrogens (primary N) is 2. The lowest BCUT2D eigenvalue weighted by molar-refractivity contribution is -0.121. The predicted molar refractivity (Wildman–Crippen MR) is 81.2 cm³/mol. The highest BCUT2D eigenvalue weighted by Gasteiger charge is 2.36. The quantitative estimate of drug-likeness (QED) is 0.795. The highest BCUT2D eigenvalue weighted by Crippen LogP contribution is 2.29. The van der Waals surface area contributed by atoms with Gasteiger partial charge in [-0.3, -0.25) is 9.59 Å². The van der Waals surface area contributed by atoms with Gasteiger partial charge in [0, 0.05) is 5.69 Å². The molecule has 1 saturated carbocycles. The Hall–Kier alpha value is -1.30. The molecular weight excluding hydrogens is 301 g/mol. The molecule has 0 unspecified atom stereocenters. The van der Waals surface area contributed by atoms with E-state index in [9.17, 15) is 9.59 Å². The number of benzene rings is 1.